The van der Waals surface area contributed by atoms with E-state index in [2.05, 4.69) is 9.97 Å². The van der Waals surface area contributed by atoms with E-state index in [0.717, 1.165) is 11.0 Å². The van der Waals surface area contributed by atoms with Crippen molar-refractivity contribution in [3.63, 3.8) is 0 Å². The summed E-state index contributed by atoms with van der Waals surface area (Å²) in [6.45, 7) is 5.78. The molecule has 0 unspecified atom stereocenters. The number of para-hydroxylation sites is 2. The van der Waals surface area contributed by atoms with Gasteiger partial charge in [0.2, 0.25) is 5.78 Å². The lowest BCUT2D eigenvalue weighted by Crippen LogP contribution is -2.11. The Balaban J connectivity index is 0.000000514. The third-order valence-corrected chi connectivity index (χ3v) is 2.50. The highest BCUT2D eigenvalue weighted by Crippen LogP contribution is 2.13. The van der Waals surface area contributed by atoms with Gasteiger partial charge in [0, 0.05) is 11.8 Å². The zero-order chi connectivity index (χ0) is 12.4. The highest BCUT2D eigenvalue weighted by molar-refractivity contribution is 5.79. The number of nitrogens with one attached hydrogen (secondary N) is 1. The highest BCUT2D eigenvalue weighted by Gasteiger charge is 2.04. The van der Waals surface area contributed by atoms with Crippen LogP contribution in [0.5, 0.6) is 0 Å². The first kappa shape index (κ1) is 11.4. The summed E-state index contributed by atoms with van der Waals surface area (Å²) in [5, 5.41) is 0. The lowest BCUT2D eigenvalue weighted by molar-refractivity contribution is 1.06. The Hall–Kier alpha value is -2.10. The number of nitrogens with zero attached hydrogens (tertiary/aromatic N) is 2. The summed E-state index contributed by atoms with van der Waals surface area (Å²) in [5.74, 6) is 0.590. The monoisotopic (exact) mass is 229 g/mol. The standard InChI is InChI=1S/C11H9N3O.C2H6/c1-7-6-14-9-5-3-2-4-8(9)12-11(14)13-10(7)15;1-2/h2-6H,1H3,(H,12,13,15);1-2H3. The van der Waals surface area contributed by atoms with Gasteiger partial charge in [0.05, 0.1) is 11.0 Å². The molecule has 4 nitrogen and oxygen atoms in total. The molecule has 0 spiro atoms. The molecule has 4 heteroatoms. The summed E-state index contributed by atoms with van der Waals surface area (Å²) in [4.78, 5) is 18.5. The van der Waals surface area contributed by atoms with Gasteiger partial charge in [-0.3, -0.25) is 14.2 Å². The average Bonchev–Trinajstić information content (AvgIpc) is 2.70. The Morgan fingerprint density at radius 2 is 1.94 bits per heavy atom. The van der Waals surface area contributed by atoms with Crippen LogP contribution in [-0.4, -0.2) is 14.4 Å². The molecular formula is C13H15N3O. The number of benzene rings is 1. The fraction of sp³-hybridized carbons (Fsp3) is 0.231. The number of rotatable bonds is 0. The van der Waals surface area contributed by atoms with Gasteiger partial charge < -0.3 is 0 Å². The first-order valence-corrected chi connectivity index (χ1v) is 5.72. The van der Waals surface area contributed by atoms with Gasteiger partial charge in [-0.05, 0) is 19.1 Å². The molecule has 0 bridgehead atoms. The van der Waals surface area contributed by atoms with Crippen molar-refractivity contribution in [2.45, 2.75) is 20.8 Å². The van der Waals surface area contributed by atoms with E-state index in [0.29, 0.717) is 11.3 Å². The molecule has 1 aromatic carbocycles. The van der Waals surface area contributed by atoms with Crippen LogP contribution in [0.4, 0.5) is 0 Å². The third-order valence-electron chi connectivity index (χ3n) is 2.50. The Bertz CT molecular complexity index is 709. The van der Waals surface area contributed by atoms with E-state index in [1.807, 2.05) is 48.7 Å². The Morgan fingerprint density at radius 3 is 2.71 bits per heavy atom. The Kier molecular flexibility index (Phi) is 2.95. The summed E-state index contributed by atoms with van der Waals surface area (Å²) >= 11 is 0. The molecule has 0 saturated heterocycles. The van der Waals surface area contributed by atoms with E-state index in [9.17, 15) is 4.79 Å². The van der Waals surface area contributed by atoms with Crippen LogP contribution in [-0.2, 0) is 0 Å². The molecule has 0 saturated carbocycles. The molecule has 2 heterocycles. The van der Waals surface area contributed by atoms with E-state index in [1.54, 1.807) is 6.92 Å². The molecular weight excluding hydrogens is 214 g/mol. The van der Waals surface area contributed by atoms with E-state index in [1.165, 1.54) is 0 Å². The number of H-pyrrole nitrogens is 1. The molecule has 88 valence electrons. The van der Waals surface area contributed by atoms with Crippen LogP contribution in [0, 0.1) is 6.92 Å². The third kappa shape index (κ3) is 1.82. The lowest BCUT2D eigenvalue weighted by atomic mass is 10.3. The highest BCUT2D eigenvalue weighted by atomic mass is 16.1. The number of aromatic nitrogens is 3. The first-order chi connectivity index (χ1) is 8.25. The van der Waals surface area contributed by atoms with Crippen molar-refractivity contribution in [2.24, 2.45) is 0 Å². The van der Waals surface area contributed by atoms with Crippen LogP contribution in [0.1, 0.15) is 19.4 Å². The van der Waals surface area contributed by atoms with Crippen LogP contribution >= 0.6 is 0 Å². The van der Waals surface area contributed by atoms with Gasteiger partial charge in [0.1, 0.15) is 0 Å². The number of aryl methyl sites for hydroxylation is 1. The van der Waals surface area contributed by atoms with Crippen molar-refractivity contribution in [2.75, 3.05) is 0 Å². The number of hydrogen-bond donors (Lipinski definition) is 1. The molecule has 1 N–H and O–H groups in total. The van der Waals surface area contributed by atoms with E-state index < -0.39 is 0 Å². The molecule has 0 atom stereocenters. The second kappa shape index (κ2) is 4.41. The first-order valence-electron chi connectivity index (χ1n) is 5.72. The summed E-state index contributed by atoms with van der Waals surface area (Å²) in [5.41, 5.74) is 2.49. The van der Waals surface area contributed by atoms with Crippen LogP contribution in [0.3, 0.4) is 0 Å². The fourth-order valence-corrected chi connectivity index (χ4v) is 1.72. The van der Waals surface area contributed by atoms with Gasteiger partial charge in [-0.25, -0.2) is 4.98 Å². The molecule has 2 aromatic heterocycles. The predicted molar refractivity (Wildman–Crippen MR) is 69.4 cm³/mol. The van der Waals surface area contributed by atoms with Gasteiger partial charge in [0.15, 0.2) is 0 Å². The minimum absolute atomic E-state index is 0.0854. The fourth-order valence-electron chi connectivity index (χ4n) is 1.72. The van der Waals surface area contributed by atoms with E-state index in [4.69, 9.17) is 0 Å². The Labute approximate surface area is 98.9 Å². The molecule has 0 radical (unpaired) electrons. The molecule has 0 amide bonds. The second-order valence-electron chi connectivity index (χ2n) is 3.56. The van der Waals surface area contributed by atoms with Crippen molar-refractivity contribution < 1.29 is 0 Å². The molecule has 0 aliphatic rings. The van der Waals surface area contributed by atoms with Crippen LogP contribution in [0.2, 0.25) is 0 Å². The van der Waals surface area contributed by atoms with E-state index >= 15 is 0 Å². The van der Waals surface area contributed by atoms with Gasteiger partial charge >= 0.3 is 0 Å². The van der Waals surface area contributed by atoms with E-state index in [-0.39, 0.29) is 5.56 Å². The van der Waals surface area contributed by atoms with Crippen molar-refractivity contribution in [1.29, 1.82) is 0 Å². The summed E-state index contributed by atoms with van der Waals surface area (Å²) < 4.78 is 1.89. The van der Waals surface area contributed by atoms with Crippen molar-refractivity contribution in [3.05, 3.63) is 46.4 Å². The van der Waals surface area contributed by atoms with Crippen LogP contribution < -0.4 is 5.56 Å². The average molecular weight is 229 g/mol. The SMILES string of the molecule is CC.Cc1cn2c(nc3ccccc32)[nH]c1=O. The molecule has 3 aromatic rings. The van der Waals surface area contributed by atoms with Crippen molar-refractivity contribution >= 4 is 16.8 Å². The lowest BCUT2D eigenvalue weighted by Gasteiger charge is -1.95. The quantitative estimate of drug-likeness (QED) is 0.644. The summed E-state index contributed by atoms with van der Waals surface area (Å²) in [7, 11) is 0. The molecule has 0 fully saturated rings. The minimum Gasteiger partial charge on any atom is -0.292 e. The number of imidazole rings is 1. The normalized spacial score (nSPS) is 10.3. The van der Waals surface area contributed by atoms with Gasteiger partial charge in [-0.1, -0.05) is 26.0 Å². The largest absolute Gasteiger partial charge is 0.292 e. The van der Waals surface area contributed by atoms with Crippen LogP contribution in [0.15, 0.2) is 35.3 Å². The molecule has 0 aliphatic carbocycles. The zero-order valence-corrected chi connectivity index (χ0v) is 10.2. The predicted octanol–water partition coefficient (Wildman–Crippen LogP) is 2.51. The minimum atomic E-state index is -0.0854. The van der Waals surface area contributed by atoms with Gasteiger partial charge in [-0.15, -0.1) is 0 Å². The Morgan fingerprint density at radius 1 is 1.24 bits per heavy atom. The van der Waals surface area contributed by atoms with Gasteiger partial charge in [-0.2, -0.15) is 0 Å². The molecule has 0 aliphatic heterocycles. The summed E-state index contributed by atoms with van der Waals surface area (Å²) in [6.07, 6.45) is 1.81. The van der Waals surface area contributed by atoms with Crippen molar-refractivity contribution in [3.8, 4) is 0 Å². The van der Waals surface area contributed by atoms with Crippen LogP contribution in [0.25, 0.3) is 16.8 Å². The molecule has 17 heavy (non-hydrogen) atoms. The smallest absolute Gasteiger partial charge is 0.255 e. The summed E-state index contributed by atoms with van der Waals surface area (Å²) in [6, 6.07) is 7.79. The maximum absolute atomic E-state index is 11.4. The topological polar surface area (TPSA) is 50.2 Å². The second-order valence-corrected chi connectivity index (χ2v) is 3.56. The maximum atomic E-state index is 11.4. The maximum Gasteiger partial charge on any atom is 0.255 e. The van der Waals surface area contributed by atoms with Gasteiger partial charge in [0.25, 0.3) is 5.56 Å². The molecule has 3 rings (SSSR count). The zero-order valence-electron chi connectivity index (χ0n) is 10.2. The number of hydrogen-bond acceptors (Lipinski definition) is 2. The van der Waals surface area contributed by atoms with Crippen molar-refractivity contribution in [1.82, 2.24) is 14.4 Å². The number of fused-ring (bicyclic) bond motifs is 3. The number of aromatic amines is 1.